The van der Waals surface area contributed by atoms with E-state index in [9.17, 15) is 9.59 Å². The molecule has 2 aromatic heterocycles. The maximum atomic E-state index is 12.6. The molecule has 2 aliphatic rings. The predicted octanol–water partition coefficient (Wildman–Crippen LogP) is 3.93. The molecule has 0 radical (unpaired) electrons. The summed E-state index contributed by atoms with van der Waals surface area (Å²) in [5, 5.41) is 9.80. The van der Waals surface area contributed by atoms with Crippen molar-refractivity contribution in [1.29, 1.82) is 0 Å². The Morgan fingerprint density at radius 1 is 1.03 bits per heavy atom. The third-order valence-corrected chi connectivity index (χ3v) is 7.35. The summed E-state index contributed by atoms with van der Waals surface area (Å²) in [5.74, 6) is 2.78. The molecule has 2 aliphatic heterocycles. The first-order valence-corrected chi connectivity index (χ1v) is 12.4. The Labute approximate surface area is 197 Å². The molecular weight excluding hydrogens is 438 g/mol. The van der Waals surface area contributed by atoms with Crippen LogP contribution in [0, 0.1) is 5.92 Å². The number of nitrogens with zero attached hydrogens (tertiary/aromatic N) is 5. The number of piperidine rings is 1. The van der Waals surface area contributed by atoms with Crippen molar-refractivity contribution in [3.63, 3.8) is 0 Å². The molecule has 33 heavy (non-hydrogen) atoms. The minimum Gasteiger partial charge on any atom is -0.467 e. The van der Waals surface area contributed by atoms with Crippen molar-refractivity contribution in [3.8, 4) is 0 Å². The number of benzene rings is 1. The molecule has 1 fully saturated rings. The lowest BCUT2D eigenvalue weighted by Gasteiger charge is -2.31. The van der Waals surface area contributed by atoms with Gasteiger partial charge in [-0.2, -0.15) is 0 Å². The minimum absolute atomic E-state index is 0.205. The number of carbonyl (C=O) groups is 2. The molecule has 5 rings (SSSR count). The quantitative estimate of drug-likeness (QED) is 0.283. The number of thioether (sulfide) groups is 1. The van der Waals surface area contributed by atoms with Gasteiger partial charge in [0.15, 0.2) is 5.16 Å². The van der Waals surface area contributed by atoms with Crippen LogP contribution in [0.2, 0.25) is 0 Å². The Morgan fingerprint density at radius 2 is 1.76 bits per heavy atom. The van der Waals surface area contributed by atoms with Gasteiger partial charge in [0.1, 0.15) is 5.76 Å². The van der Waals surface area contributed by atoms with Crippen LogP contribution in [-0.4, -0.2) is 56.9 Å². The second-order valence-corrected chi connectivity index (χ2v) is 9.69. The summed E-state index contributed by atoms with van der Waals surface area (Å²) in [5.41, 5.74) is 0.989. The number of hydrogen-bond donors (Lipinski definition) is 0. The van der Waals surface area contributed by atoms with Crippen molar-refractivity contribution in [2.75, 3.05) is 30.3 Å². The number of imide groups is 1. The molecule has 0 saturated carbocycles. The van der Waals surface area contributed by atoms with Gasteiger partial charge in [-0.3, -0.25) is 19.1 Å². The van der Waals surface area contributed by atoms with Crippen LogP contribution in [0.1, 0.15) is 52.7 Å². The summed E-state index contributed by atoms with van der Waals surface area (Å²) in [6.45, 7) is 5.20. The van der Waals surface area contributed by atoms with Gasteiger partial charge in [-0.1, -0.05) is 30.8 Å². The van der Waals surface area contributed by atoms with Gasteiger partial charge in [-0.15, -0.1) is 10.2 Å². The first-order chi connectivity index (χ1) is 16.1. The van der Waals surface area contributed by atoms with E-state index in [1.807, 2.05) is 12.1 Å². The van der Waals surface area contributed by atoms with Gasteiger partial charge in [-0.25, -0.2) is 0 Å². The topological polar surface area (TPSA) is 84.5 Å². The van der Waals surface area contributed by atoms with Crippen LogP contribution in [0.25, 0.3) is 0 Å². The van der Waals surface area contributed by atoms with Gasteiger partial charge < -0.3 is 9.32 Å². The fourth-order valence-electron chi connectivity index (χ4n) is 4.36. The van der Waals surface area contributed by atoms with Gasteiger partial charge >= 0.3 is 0 Å². The van der Waals surface area contributed by atoms with Gasteiger partial charge in [0, 0.05) is 25.4 Å². The predicted molar refractivity (Wildman–Crippen MR) is 126 cm³/mol. The van der Waals surface area contributed by atoms with Crippen LogP contribution < -0.4 is 4.90 Å². The molecule has 3 aromatic rings. The van der Waals surface area contributed by atoms with E-state index in [-0.39, 0.29) is 11.8 Å². The van der Waals surface area contributed by atoms with Crippen LogP contribution in [0.4, 0.5) is 5.95 Å². The highest BCUT2D eigenvalue weighted by Gasteiger charge is 2.34. The van der Waals surface area contributed by atoms with Crippen LogP contribution in [-0.2, 0) is 6.54 Å². The third-order valence-electron chi connectivity index (χ3n) is 6.29. The summed E-state index contributed by atoms with van der Waals surface area (Å²) in [7, 11) is 0. The fraction of sp³-hybridized carbons (Fsp3) is 0.417. The molecule has 0 unspecified atom stereocenters. The summed E-state index contributed by atoms with van der Waals surface area (Å²) in [4.78, 5) is 28.8. The summed E-state index contributed by atoms with van der Waals surface area (Å²) < 4.78 is 7.70. The second-order valence-electron chi connectivity index (χ2n) is 8.63. The molecule has 8 nitrogen and oxygen atoms in total. The van der Waals surface area contributed by atoms with E-state index in [1.165, 1.54) is 4.90 Å². The minimum atomic E-state index is -0.205. The van der Waals surface area contributed by atoms with Gasteiger partial charge in [0.25, 0.3) is 11.8 Å². The van der Waals surface area contributed by atoms with E-state index in [0.29, 0.717) is 30.6 Å². The number of amides is 2. The van der Waals surface area contributed by atoms with Crippen LogP contribution in [0.15, 0.2) is 52.2 Å². The fourth-order valence-corrected chi connectivity index (χ4v) is 5.21. The molecule has 0 atom stereocenters. The van der Waals surface area contributed by atoms with Gasteiger partial charge in [-0.05, 0) is 49.4 Å². The Hall–Kier alpha value is -3.07. The Kier molecular flexibility index (Phi) is 6.22. The zero-order valence-corrected chi connectivity index (χ0v) is 19.5. The van der Waals surface area contributed by atoms with Crippen LogP contribution in [0.5, 0.6) is 0 Å². The van der Waals surface area contributed by atoms with E-state index in [2.05, 4.69) is 26.6 Å². The monoisotopic (exact) mass is 465 g/mol. The average Bonchev–Trinajstić information content (AvgIpc) is 3.54. The number of hydrogen-bond acceptors (Lipinski definition) is 7. The first kappa shape index (κ1) is 21.8. The van der Waals surface area contributed by atoms with Crippen LogP contribution >= 0.6 is 11.8 Å². The summed E-state index contributed by atoms with van der Waals surface area (Å²) in [6.07, 6.45) is 4.66. The maximum Gasteiger partial charge on any atom is 0.261 e. The lowest BCUT2D eigenvalue weighted by Crippen LogP contribution is -2.35. The van der Waals surface area contributed by atoms with E-state index >= 15 is 0 Å². The Bertz CT molecular complexity index is 1100. The maximum absolute atomic E-state index is 12.6. The first-order valence-electron chi connectivity index (χ1n) is 11.4. The molecule has 0 spiro atoms. The van der Waals surface area contributed by atoms with Gasteiger partial charge in [0.05, 0.1) is 23.9 Å². The zero-order chi connectivity index (χ0) is 22.8. The van der Waals surface area contributed by atoms with E-state index in [1.54, 1.807) is 42.3 Å². The Morgan fingerprint density at radius 3 is 2.42 bits per heavy atom. The average molecular weight is 466 g/mol. The number of carbonyl (C=O) groups excluding carboxylic acids is 2. The second kappa shape index (κ2) is 9.43. The van der Waals surface area contributed by atoms with Crippen molar-refractivity contribution in [3.05, 3.63) is 59.5 Å². The van der Waals surface area contributed by atoms with Crippen molar-refractivity contribution in [2.24, 2.45) is 5.92 Å². The molecule has 0 aliphatic carbocycles. The lowest BCUT2D eigenvalue weighted by molar-refractivity contribution is 0.0655. The number of anilines is 1. The van der Waals surface area contributed by atoms with Crippen molar-refractivity contribution >= 4 is 29.5 Å². The largest absolute Gasteiger partial charge is 0.467 e. The molecule has 0 N–H and O–H groups in total. The number of aromatic nitrogens is 3. The zero-order valence-electron chi connectivity index (χ0n) is 18.6. The summed E-state index contributed by atoms with van der Waals surface area (Å²) in [6, 6.07) is 10.8. The molecule has 172 valence electrons. The normalized spacial score (nSPS) is 16.6. The third kappa shape index (κ3) is 4.42. The SMILES string of the molecule is CC1CCN(c2nnc(SCCCN3C(=O)c4ccccc4C3=O)n2Cc2ccco2)CC1. The molecule has 4 heterocycles. The molecule has 0 bridgehead atoms. The highest BCUT2D eigenvalue weighted by molar-refractivity contribution is 7.99. The summed E-state index contributed by atoms with van der Waals surface area (Å²) >= 11 is 1.60. The lowest BCUT2D eigenvalue weighted by atomic mass is 10.00. The van der Waals surface area contributed by atoms with E-state index in [0.717, 1.165) is 54.5 Å². The van der Waals surface area contributed by atoms with E-state index < -0.39 is 0 Å². The number of fused-ring (bicyclic) bond motifs is 1. The number of rotatable bonds is 8. The smallest absolute Gasteiger partial charge is 0.261 e. The van der Waals surface area contributed by atoms with Crippen molar-refractivity contribution in [1.82, 2.24) is 19.7 Å². The van der Waals surface area contributed by atoms with Gasteiger partial charge in [0.2, 0.25) is 5.95 Å². The highest BCUT2D eigenvalue weighted by atomic mass is 32.2. The van der Waals surface area contributed by atoms with Crippen LogP contribution in [0.3, 0.4) is 0 Å². The molecule has 2 amide bonds. The van der Waals surface area contributed by atoms with Crippen molar-refractivity contribution in [2.45, 2.75) is 37.9 Å². The number of furan rings is 1. The van der Waals surface area contributed by atoms with Crippen molar-refractivity contribution < 1.29 is 14.0 Å². The van der Waals surface area contributed by atoms with E-state index in [4.69, 9.17) is 4.42 Å². The highest BCUT2D eigenvalue weighted by Crippen LogP contribution is 2.28. The molecular formula is C24H27N5O3S. The molecule has 9 heteroatoms. The molecule has 1 saturated heterocycles. The standard InChI is InChI=1S/C24H27N5O3S/c1-17-9-12-27(13-10-17)23-25-26-24(29(23)16-18-6-4-14-32-18)33-15-5-11-28-21(30)19-7-2-3-8-20(19)22(28)31/h2-4,6-8,14,17H,5,9-13,15-16H2,1H3. The Balaban J connectivity index is 1.24. The molecule has 1 aromatic carbocycles.